The summed E-state index contributed by atoms with van der Waals surface area (Å²) in [5.41, 5.74) is 0.629. The first-order valence-corrected chi connectivity index (χ1v) is 7.75. The second-order valence-electron chi connectivity index (χ2n) is 7.45. The Bertz CT molecular complexity index is 236. The van der Waals surface area contributed by atoms with Crippen LogP contribution in [0.3, 0.4) is 0 Å². The van der Waals surface area contributed by atoms with Crippen molar-refractivity contribution in [3.8, 4) is 0 Å². The third kappa shape index (κ3) is 6.04. The maximum absolute atomic E-state index is 3.78. The molecule has 1 rings (SSSR count). The van der Waals surface area contributed by atoms with E-state index in [2.05, 4.69) is 39.6 Å². The number of hydrogen-bond acceptors (Lipinski definition) is 1. The highest BCUT2D eigenvalue weighted by Gasteiger charge is 2.36. The van der Waals surface area contributed by atoms with Crippen LogP contribution in [0.15, 0.2) is 12.7 Å². The number of hydrogen-bond donors (Lipinski definition) is 1. The second-order valence-corrected chi connectivity index (χ2v) is 7.45. The molecule has 1 aliphatic heterocycles. The summed E-state index contributed by atoms with van der Waals surface area (Å²) in [6.07, 6.45) is 12.8. The van der Waals surface area contributed by atoms with Gasteiger partial charge in [-0.05, 0) is 59.3 Å². The van der Waals surface area contributed by atoms with Crippen LogP contribution in [0.4, 0.5) is 0 Å². The predicted octanol–water partition coefficient (Wildman–Crippen LogP) is 5.07. The topological polar surface area (TPSA) is 12.0 Å². The fraction of sp³-hybridized carbons (Fsp3) is 0.882. The molecular weight excluding hydrogens is 218 g/mol. The molecule has 18 heavy (non-hydrogen) atoms. The minimum Gasteiger partial charge on any atom is -0.307 e. The van der Waals surface area contributed by atoms with E-state index in [4.69, 9.17) is 0 Å². The molecule has 0 atom stereocenters. The Morgan fingerprint density at radius 3 is 2.11 bits per heavy atom. The van der Waals surface area contributed by atoms with Crippen LogP contribution in [0.1, 0.15) is 79.1 Å². The number of rotatable bonds is 7. The van der Waals surface area contributed by atoms with Crippen molar-refractivity contribution in [1.29, 1.82) is 0 Å². The summed E-state index contributed by atoms with van der Waals surface area (Å²) in [6.45, 7) is 13.2. The average Bonchev–Trinajstić information content (AvgIpc) is 2.18. The number of unbranched alkanes of at least 4 members (excludes halogenated alkanes) is 4. The Morgan fingerprint density at radius 1 is 1.00 bits per heavy atom. The van der Waals surface area contributed by atoms with Gasteiger partial charge in [0.2, 0.25) is 0 Å². The predicted molar refractivity (Wildman–Crippen MR) is 81.9 cm³/mol. The van der Waals surface area contributed by atoms with Crippen LogP contribution in [0.25, 0.3) is 0 Å². The Morgan fingerprint density at radius 2 is 1.56 bits per heavy atom. The van der Waals surface area contributed by atoms with E-state index in [1.54, 1.807) is 0 Å². The Kier molecular flexibility index (Phi) is 5.91. The van der Waals surface area contributed by atoms with Crippen LogP contribution in [-0.2, 0) is 0 Å². The van der Waals surface area contributed by atoms with Crippen molar-refractivity contribution in [3.05, 3.63) is 12.7 Å². The van der Waals surface area contributed by atoms with Gasteiger partial charge in [0.15, 0.2) is 0 Å². The summed E-state index contributed by atoms with van der Waals surface area (Å²) in [5, 5.41) is 3.77. The van der Waals surface area contributed by atoms with Crippen molar-refractivity contribution < 1.29 is 0 Å². The Hall–Kier alpha value is -0.300. The maximum Gasteiger partial charge on any atom is 0.0132 e. The molecule has 0 spiro atoms. The molecule has 1 aliphatic rings. The second kappa shape index (κ2) is 6.75. The van der Waals surface area contributed by atoms with Gasteiger partial charge in [-0.2, -0.15) is 0 Å². The van der Waals surface area contributed by atoms with Gasteiger partial charge in [0, 0.05) is 11.1 Å². The van der Waals surface area contributed by atoms with E-state index < -0.39 is 0 Å². The molecule has 0 aliphatic carbocycles. The molecule has 0 aromatic carbocycles. The van der Waals surface area contributed by atoms with Crippen molar-refractivity contribution in [2.45, 2.75) is 90.1 Å². The summed E-state index contributed by atoms with van der Waals surface area (Å²) in [4.78, 5) is 0. The van der Waals surface area contributed by atoms with E-state index in [0.717, 1.165) is 5.92 Å². The molecule has 1 saturated heterocycles. The van der Waals surface area contributed by atoms with Crippen LogP contribution in [0.5, 0.6) is 0 Å². The first kappa shape index (κ1) is 15.8. The maximum atomic E-state index is 3.78. The summed E-state index contributed by atoms with van der Waals surface area (Å²) < 4.78 is 0. The molecule has 0 unspecified atom stereocenters. The first-order valence-electron chi connectivity index (χ1n) is 7.75. The minimum absolute atomic E-state index is 0.315. The van der Waals surface area contributed by atoms with Gasteiger partial charge < -0.3 is 5.32 Å². The van der Waals surface area contributed by atoms with E-state index in [1.165, 1.54) is 51.4 Å². The van der Waals surface area contributed by atoms with Crippen molar-refractivity contribution >= 4 is 0 Å². The molecule has 1 heteroatoms. The van der Waals surface area contributed by atoms with Crippen LogP contribution in [-0.4, -0.2) is 11.1 Å². The molecular formula is C17H33N. The van der Waals surface area contributed by atoms with E-state index >= 15 is 0 Å². The van der Waals surface area contributed by atoms with Gasteiger partial charge >= 0.3 is 0 Å². The lowest BCUT2D eigenvalue weighted by Crippen LogP contribution is -2.57. The SMILES string of the molecule is C=CCCCCCCC1CC(C)(C)NC(C)(C)C1. The van der Waals surface area contributed by atoms with Crippen molar-refractivity contribution in [1.82, 2.24) is 5.32 Å². The number of nitrogens with one attached hydrogen (secondary N) is 1. The van der Waals surface area contributed by atoms with Gasteiger partial charge in [-0.1, -0.05) is 31.8 Å². The molecule has 0 aromatic rings. The first-order chi connectivity index (χ1) is 8.35. The van der Waals surface area contributed by atoms with Crippen molar-refractivity contribution in [2.24, 2.45) is 5.92 Å². The van der Waals surface area contributed by atoms with Crippen molar-refractivity contribution in [3.63, 3.8) is 0 Å². The van der Waals surface area contributed by atoms with Crippen LogP contribution < -0.4 is 5.32 Å². The van der Waals surface area contributed by atoms with E-state index in [-0.39, 0.29) is 0 Å². The molecule has 0 radical (unpaired) electrons. The highest BCUT2D eigenvalue weighted by molar-refractivity contribution is 4.96. The van der Waals surface area contributed by atoms with Crippen LogP contribution in [0, 0.1) is 5.92 Å². The third-order valence-corrected chi connectivity index (χ3v) is 4.05. The van der Waals surface area contributed by atoms with E-state index in [9.17, 15) is 0 Å². The largest absolute Gasteiger partial charge is 0.307 e. The van der Waals surface area contributed by atoms with Gasteiger partial charge in [0.05, 0.1) is 0 Å². The molecule has 1 nitrogen and oxygen atoms in total. The smallest absolute Gasteiger partial charge is 0.0132 e. The van der Waals surface area contributed by atoms with Gasteiger partial charge in [0.25, 0.3) is 0 Å². The molecule has 0 saturated carbocycles. The monoisotopic (exact) mass is 251 g/mol. The normalized spacial score (nSPS) is 22.9. The molecule has 1 fully saturated rings. The van der Waals surface area contributed by atoms with Crippen LogP contribution in [0.2, 0.25) is 0 Å². The molecule has 0 aromatic heterocycles. The molecule has 0 bridgehead atoms. The van der Waals surface area contributed by atoms with Gasteiger partial charge in [-0.3, -0.25) is 0 Å². The number of allylic oxidation sites excluding steroid dienone is 1. The summed E-state index contributed by atoms with van der Waals surface area (Å²) in [5.74, 6) is 0.913. The zero-order valence-corrected chi connectivity index (χ0v) is 13.0. The zero-order valence-electron chi connectivity index (χ0n) is 13.0. The summed E-state index contributed by atoms with van der Waals surface area (Å²) >= 11 is 0. The fourth-order valence-corrected chi connectivity index (χ4v) is 3.81. The fourth-order valence-electron chi connectivity index (χ4n) is 3.81. The summed E-state index contributed by atoms with van der Waals surface area (Å²) in [6, 6.07) is 0. The van der Waals surface area contributed by atoms with Gasteiger partial charge in [-0.15, -0.1) is 6.58 Å². The lowest BCUT2D eigenvalue weighted by atomic mass is 9.74. The lowest BCUT2D eigenvalue weighted by Gasteiger charge is -2.46. The quantitative estimate of drug-likeness (QED) is 0.492. The highest BCUT2D eigenvalue weighted by Crippen LogP contribution is 2.35. The molecule has 0 amide bonds. The minimum atomic E-state index is 0.315. The van der Waals surface area contributed by atoms with Gasteiger partial charge in [-0.25, -0.2) is 0 Å². The summed E-state index contributed by atoms with van der Waals surface area (Å²) in [7, 11) is 0. The van der Waals surface area contributed by atoms with E-state index in [0.29, 0.717) is 11.1 Å². The standard InChI is InChI=1S/C17H33N/c1-6-7-8-9-10-11-12-15-13-16(2,3)18-17(4,5)14-15/h6,15,18H,1,7-14H2,2-5H3. The molecule has 106 valence electrons. The number of piperidine rings is 1. The Labute approximate surface area is 114 Å². The van der Waals surface area contributed by atoms with Crippen LogP contribution >= 0.6 is 0 Å². The van der Waals surface area contributed by atoms with E-state index in [1.807, 2.05) is 6.08 Å². The Balaban J connectivity index is 2.23. The van der Waals surface area contributed by atoms with Crippen molar-refractivity contribution in [2.75, 3.05) is 0 Å². The highest BCUT2D eigenvalue weighted by atomic mass is 15.0. The third-order valence-electron chi connectivity index (χ3n) is 4.05. The van der Waals surface area contributed by atoms with Gasteiger partial charge in [0.1, 0.15) is 0 Å². The zero-order chi connectivity index (χ0) is 13.6. The average molecular weight is 251 g/mol. The molecule has 1 heterocycles. The lowest BCUT2D eigenvalue weighted by molar-refractivity contribution is 0.122. The molecule has 1 N–H and O–H groups in total.